The number of methoxy groups -OCH3 is 1. The Morgan fingerprint density at radius 3 is 2.59 bits per heavy atom. The van der Waals surface area contributed by atoms with Crippen LogP contribution in [0, 0.1) is 0 Å². The monoisotopic (exact) mass is 315 g/mol. The summed E-state index contributed by atoms with van der Waals surface area (Å²) < 4.78 is 5.36. The molecule has 2 rings (SSSR count). The van der Waals surface area contributed by atoms with Crippen molar-refractivity contribution in [3.8, 4) is 5.75 Å². The summed E-state index contributed by atoms with van der Waals surface area (Å²) in [5.41, 5.74) is 1.69. The molecule has 0 unspecified atom stereocenters. The van der Waals surface area contributed by atoms with Gasteiger partial charge in [-0.1, -0.05) is 37.3 Å². The third-order valence-corrected chi connectivity index (χ3v) is 4.34. The number of hydrogen-bond donors (Lipinski definition) is 1. The molecular formula is C18H21NO2S. The lowest BCUT2D eigenvalue weighted by Gasteiger charge is -2.18. The molecule has 116 valence electrons. The van der Waals surface area contributed by atoms with E-state index in [1.807, 2.05) is 55.5 Å². The Bertz CT molecular complexity index is 642. The van der Waals surface area contributed by atoms with Crippen LogP contribution >= 0.6 is 11.8 Å². The van der Waals surface area contributed by atoms with Crippen LogP contribution in [0.5, 0.6) is 5.75 Å². The van der Waals surface area contributed by atoms with Crippen molar-refractivity contribution in [1.82, 2.24) is 5.32 Å². The zero-order chi connectivity index (χ0) is 15.9. The van der Waals surface area contributed by atoms with Crippen LogP contribution < -0.4 is 10.1 Å². The molecule has 0 heterocycles. The van der Waals surface area contributed by atoms with Gasteiger partial charge in [0.1, 0.15) is 5.75 Å². The van der Waals surface area contributed by atoms with Gasteiger partial charge in [0.25, 0.3) is 5.91 Å². The second-order valence-electron chi connectivity index (χ2n) is 4.87. The molecule has 22 heavy (non-hydrogen) atoms. The molecule has 3 nitrogen and oxygen atoms in total. The minimum atomic E-state index is -0.122. The normalized spacial score (nSPS) is 11.8. The molecule has 0 saturated carbocycles. The molecule has 2 aromatic carbocycles. The van der Waals surface area contributed by atoms with E-state index in [0.29, 0.717) is 0 Å². The van der Waals surface area contributed by atoms with Gasteiger partial charge in [0, 0.05) is 10.5 Å². The van der Waals surface area contributed by atoms with Crippen LogP contribution in [0.15, 0.2) is 53.4 Å². The Morgan fingerprint density at radius 1 is 1.18 bits per heavy atom. The first-order valence-corrected chi connectivity index (χ1v) is 8.31. The summed E-state index contributed by atoms with van der Waals surface area (Å²) in [7, 11) is 1.64. The lowest BCUT2D eigenvalue weighted by molar-refractivity contribution is 0.0936. The number of carbonyl (C=O) groups is 1. The molecule has 0 aliphatic rings. The highest BCUT2D eigenvalue weighted by molar-refractivity contribution is 7.99. The van der Waals surface area contributed by atoms with Crippen molar-refractivity contribution >= 4 is 17.7 Å². The minimum absolute atomic E-state index is 0.0602. The first-order chi connectivity index (χ1) is 10.7. The zero-order valence-electron chi connectivity index (χ0n) is 13.1. The van der Waals surface area contributed by atoms with Crippen molar-refractivity contribution < 1.29 is 9.53 Å². The molecule has 0 aromatic heterocycles. The van der Waals surface area contributed by atoms with E-state index >= 15 is 0 Å². The van der Waals surface area contributed by atoms with Crippen LogP contribution in [0.2, 0.25) is 0 Å². The lowest BCUT2D eigenvalue weighted by atomic mass is 10.1. The Labute approximate surface area is 136 Å². The molecule has 0 spiro atoms. The lowest BCUT2D eigenvalue weighted by Crippen LogP contribution is -2.27. The number of thioether (sulfide) groups is 1. The number of amides is 1. The van der Waals surface area contributed by atoms with Gasteiger partial charge in [-0.15, -0.1) is 11.8 Å². The van der Waals surface area contributed by atoms with Crippen LogP contribution in [0.3, 0.4) is 0 Å². The van der Waals surface area contributed by atoms with Crippen molar-refractivity contribution in [2.24, 2.45) is 0 Å². The van der Waals surface area contributed by atoms with Crippen LogP contribution in [-0.2, 0) is 0 Å². The van der Waals surface area contributed by atoms with Crippen molar-refractivity contribution in [3.63, 3.8) is 0 Å². The Morgan fingerprint density at radius 2 is 1.86 bits per heavy atom. The second kappa shape index (κ2) is 7.90. The van der Waals surface area contributed by atoms with Crippen LogP contribution in [0.4, 0.5) is 0 Å². The van der Waals surface area contributed by atoms with E-state index in [2.05, 4.69) is 12.2 Å². The van der Waals surface area contributed by atoms with Gasteiger partial charge in [-0.05, 0) is 30.9 Å². The number of para-hydroxylation sites is 1. The van der Waals surface area contributed by atoms with Gasteiger partial charge in [-0.2, -0.15) is 0 Å². The summed E-state index contributed by atoms with van der Waals surface area (Å²) in [4.78, 5) is 13.6. The van der Waals surface area contributed by atoms with E-state index in [0.717, 1.165) is 27.5 Å². The van der Waals surface area contributed by atoms with E-state index in [4.69, 9.17) is 4.74 Å². The number of hydrogen-bond acceptors (Lipinski definition) is 3. The molecule has 0 bridgehead atoms. The highest BCUT2D eigenvalue weighted by atomic mass is 32.2. The van der Waals surface area contributed by atoms with Crippen molar-refractivity contribution in [2.45, 2.75) is 24.8 Å². The van der Waals surface area contributed by atoms with Crippen LogP contribution in [0.25, 0.3) is 0 Å². The minimum Gasteiger partial charge on any atom is -0.496 e. The molecule has 0 aliphatic heterocycles. The molecule has 1 amide bonds. The predicted molar refractivity (Wildman–Crippen MR) is 91.7 cm³/mol. The number of nitrogens with one attached hydrogen (secondary N) is 1. The van der Waals surface area contributed by atoms with Gasteiger partial charge in [0.05, 0.1) is 18.7 Å². The summed E-state index contributed by atoms with van der Waals surface area (Å²) in [6.07, 6.45) is 0. The summed E-state index contributed by atoms with van der Waals surface area (Å²) in [6, 6.07) is 15.3. The first kappa shape index (κ1) is 16.4. The van der Waals surface area contributed by atoms with E-state index in [1.165, 1.54) is 0 Å². The van der Waals surface area contributed by atoms with Crippen LogP contribution in [0.1, 0.15) is 35.8 Å². The molecular weight excluding hydrogens is 294 g/mol. The quantitative estimate of drug-likeness (QED) is 0.808. The van der Waals surface area contributed by atoms with Gasteiger partial charge in [0.2, 0.25) is 0 Å². The fourth-order valence-electron chi connectivity index (χ4n) is 2.31. The molecule has 2 aromatic rings. The first-order valence-electron chi connectivity index (χ1n) is 7.33. The van der Waals surface area contributed by atoms with E-state index in [-0.39, 0.29) is 11.9 Å². The predicted octanol–water partition coefficient (Wildman–Crippen LogP) is 4.30. The summed E-state index contributed by atoms with van der Waals surface area (Å²) in [5, 5.41) is 3.05. The third kappa shape index (κ3) is 3.83. The smallest absolute Gasteiger partial charge is 0.252 e. The Kier molecular flexibility index (Phi) is 5.90. The molecule has 0 radical (unpaired) electrons. The Balaban J connectivity index is 2.18. The number of rotatable bonds is 6. The zero-order valence-corrected chi connectivity index (χ0v) is 13.9. The van der Waals surface area contributed by atoms with Gasteiger partial charge < -0.3 is 10.1 Å². The average Bonchev–Trinajstić information content (AvgIpc) is 2.55. The molecule has 4 heteroatoms. The summed E-state index contributed by atoms with van der Waals surface area (Å²) in [5.74, 6) is 1.66. The van der Waals surface area contributed by atoms with E-state index < -0.39 is 0 Å². The van der Waals surface area contributed by atoms with Gasteiger partial charge in [-0.3, -0.25) is 4.79 Å². The molecule has 1 N–H and O–H groups in total. The standard InChI is InChI=1S/C18H21NO2S/c1-4-22-17-12-8-6-10-15(17)18(20)19-13(2)14-9-5-7-11-16(14)21-3/h5-13H,4H2,1-3H3,(H,19,20)/t13-/m1/s1. The molecule has 0 saturated heterocycles. The Hall–Kier alpha value is -1.94. The largest absolute Gasteiger partial charge is 0.496 e. The maximum absolute atomic E-state index is 12.6. The SMILES string of the molecule is CCSc1ccccc1C(=O)N[C@H](C)c1ccccc1OC. The maximum Gasteiger partial charge on any atom is 0.252 e. The summed E-state index contributed by atoms with van der Waals surface area (Å²) >= 11 is 1.68. The number of ether oxygens (including phenoxy) is 1. The third-order valence-electron chi connectivity index (χ3n) is 3.38. The number of benzene rings is 2. The fourth-order valence-corrected chi connectivity index (χ4v) is 3.11. The highest BCUT2D eigenvalue weighted by Crippen LogP contribution is 2.26. The topological polar surface area (TPSA) is 38.3 Å². The van der Waals surface area contributed by atoms with E-state index in [9.17, 15) is 4.79 Å². The number of carbonyl (C=O) groups excluding carboxylic acids is 1. The van der Waals surface area contributed by atoms with Gasteiger partial charge in [0.15, 0.2) is 0 Å². The van der Waals surface area contributed by atoms with Gasteiger partial charge in [-0.25, -0.2) is 0 Å². The fraction of sp³-hybridized carbons (Fsp3) is 0.278. The average molecular weight is 315 g/mol. The summed E-state index contributed by atoms with van der Waals surface area (Å²) in [6.45, 7) is 4.04. The molecule has 0 aliphatic carbocycles. The second-order valence-corrected chi connectivity index (χ2v) is 6.17. The van der Waals surface area contributed by atoms with Crippen LogP contribution in [-0.4, -0.2) is 18.8 Å². The highest BCUT2D eigenvalue weighted by Gasteiger charge is 2.16. The van der Waals surface area contributed by atoms with Crippen molar-refractivity contribution in [2.75, 3.05) is 12.9 Å². The van der Waals surface area contributed by atoms with Crippen molar-refractivity contribution in [3.05, 3.63) is 59.7 Å². The van der Waals surface area contributed by atoms with Crippen molar-refractivity contribution in [1.29, 1.82) is 0 Å². The maximum atomic E-state index is 12.6. The molecule has 0 fully saturated rings. The van der Waals surface area contributed by atoms with Gasteiger partial charge >= 0.3 is 0 Å². The molecule has 1 atom stereocenters. The van der Waals surface area contributed by atoms with E-state index in [1.54, 1.807) is 18.9 Å².